The molecule has 2 atom stereocenters. The Hall–Kier alpha value is -1.83. The first kappa shape index (κ1) is 14.6. The molecule has 1 fully saturated rings. The third kappa shape index (κ3) is 3.19. The molecule has 0 aromatic heterocycles. The highest BCUT2D eigenvalue weighted by Crippen LogP contribution is 2.16. The monoisotopic (exact) mass is 272 g/mol. The Morgan fingerprint density at radius 2 is 2.35 bits per heavy atom. The van der Waals surface area contributed by atoms with Crippen LogP contribution in [0.5, 0.6) is 0 Å². The summed E-state index contributed by atoms with van der Waals surface area (Å²) in [6, 6.07) is 5.65. The summed E-state index contributed by atoms with van der Waals surface area (Å²) < 4.78 is 5.46. The second-order valence-corrected chi connectivity index (χ2v) is 4.93. The standard InChI is InChI=1S/C16H20N2O2/c1-11-13(6-4-9-17)5-3-7-14(11)16(19)18-15-8-10-20-12(15)2/h3,5,7,12,15H,8-10,17H2,1-2H3,(H,18,19). The van der Waals surface area contributed by atoms with Gasteiger partial charge in [0, 0.05) is 17.7 Å². The SMILES string of the molecule is Cc1c(C#CCN)cccc1C(=O)NC1CCOC1C. The van der Waals surface area contributed by atoms with E-state index in [1.54, 1.807) is 0 Å². The van der Waals surface area contributed by atoms with Crippen LogP contribution in [-0.2, 0) is 4.74 Å². The van der Waals surface area contributed by atoms with Gasteiger partial charge in [-0.25, -0.2) is 0 Å². The van der Waals surface area contributed by atoms with Crippen LogP contribution in [0.4, 0.5) is 0 Å². The van der Waals surface area contributed by atoms with Gasteiger partial charge in [0.15, 0.2) is 0 Å². The zero-order chi connectivity index (χ0) is 14.5. The van der Waals surface area contributed by atoms with Crippen LogP contribution in [0.3, 0.4) is 0 Å². The minimum atomic E-state index is -0.0683. The number of amides is 1. The van der Waals surface area contributed by atoms with E-state index in [4.69, 9.17) is 10.5 Å². The molecule has 20 heavy (non-hydrogen) atoms. The highest BCUT2D eigenvalue weighted by atomic mass is 16.5. The van der Waals surface area contributed by atoms with Crippen molar-refractivity contribution in [2.24, 2.45) is 5.73 Å². The molecule has 0 spiro atoms. The van der Waals surface area contributed by atoms with Gasteiger partial charge in [-0.05, 0) is 38.0 Å². The molecule has 1 aliphatic rings. The molecule has 2 unspecified atom stereocenters. The van der Waals surface area contributed by atoms with Crippen molar-refractivity contribution in [1.82, 2.24) is 5.32 Å². The van der Waals surface area contributed by atoms with Crippen LogP contribution in [0, 0.1) is 18.8 Å². The predicted octanol–water partition coefficient (Wildman–Crippen LogP) is 1.21. The molecular formula is C16H20N2O2. The Kier molecular flexibility index (Phi) is 4.78. The maximum atomic E-state index is 12.4. The molecule has 4 nitrogen and oxygen atoms in total. The Balaban J connectivity index is 2.17. The second kappa shape index (κ2) is 6.56. The van der Waals surface area contributed by atoms with Crippen LogP contribution in [0.15, 0.2) is 18.2 Å². The topological polar surface area (TPSA) is 64.4 Å². The third-order valence-electron chi connectivity index (χ3n) is 3.60. The zero-order valence-corrected chi connectivity index (χ0v) is 11.9. The van der Waals surface area contributed by atoms with Gasteiger partial charge >= 0.3 is 0 Å². The van der Waals surface area contributed by atoms with Gasteiger partial charge in [-0.1, -0.05) is 17.9 Å². The average Bonchev–Trinajstić information content (AvgIpc) is 2.83. The fourth-order valence-corrected chi connectivity index (χ4v) is 2.33. The van der Waals surface area contributed by atoms with E-state index >= 15 is 0 Å². The van der Waals surface area contributed by atoms with E-state index < -0.39 is 0 Å². The van der Waals surface area contributed by atoms with Crippen LogP contribution < -0.4 is 11.1 Å². The molecule has 1 saturated heterocycles. The molecule has 1 aliphatic heterocycles. The van der Waals surface area contributed by atoms with E-state index in [1.807, 2.05) is 32.0 Å². The van der Waals surface area contributed by atoms with Gasteiger partial charge in [0.1, 0.15) is 0 Å². The molecule has 0 saturated carbocycles. The number of ether oxygens (including phenoxy) is 1. The normalized spacial score (nSPS) is 21.1. The van der Waals surface area contributed by atoms with Gasteiger partial charge in [-0.15, -0.1) is 0 Å². The fourth-order valence-electron chi connectivity index (χ4n) is 2.33. The quantitative estimate of drug-likeness (QED) is 0.795. The van der Waals surface area contributed by atoms with E-state index in [0.29, 0.717) is 18.7 Å². The number of hydrogen-bond acceptors (Lipinski definition) is 3. The van der Waals surface area contributed by atoms with E-state index in [2.05, 4.69) is 17.2 Å². The number of carbonyl (C=O) groups excluding carboxylic acids is 1. The van der Waals surface area contributed by atoms with Crippen LogP contribution in [0.2, 0.25) is 0 Å². The number of carbonyl (C=O) groups is 1. The summed E-state index contributed by atoms with van der Waals surface area (Å²) in [6.45, 7) is 4.90. The van der Waals surface area contributed by atoms with Crippen molar-refractivity contribution in [3.8, 4) is 11.8 Å². The van der Waals surface area contributed by atoms with Gasteiger partial charge in [-0.3, -0.25) is 4.79 Å². The van der Waals surface area contributed by atoms with E-state index in [-0.39, 0.29) is 18.1 Å². The summed E-state index contributed by atoms with van der Waals surface area (Å²) in [4.78, 5) is 12.4. The molecule has 0 radical (unpaired) electrons. The highest BCUT2D eigenvalue weighted by molar-refractivity contribution is 5.96. The molecule has 0 bridgehead atoms. The number of hydrogen-bond donors (Lipinski definition) is 2. The number of benzene rings is 1. The second-order valence-electron chi connectivity index (χ2n) is 4.93. The Morgan fingerprint density at radius 1 is 1.55 bits per heavy atom. The van der Waals surface area contributed by atoms with Crippen LogP contribution >= 0.6 is 0 Å². The lowest BCUT2D eigenvalue weighted by atomic mass is 10.0. The Labute approximate surface area is 119 Å². The largest absolute Gasteiger partial charge is 0.376 e. The minimum Gasteiger partial charge on any atom is -0.376 e. The number of rotatable bonds is 2. The van der Waals surface area contributed by atoms with E-state index in [0.717, 1.165) is 17.5 Å². The smallest absolute Gasteiger partial charge is 0.251 e. The van der Waals surface area contributed by atoms with E-state index in [9.17, 15) is 4.79 Å². The maximum Gasteiger partial charge on any atom is 0.251 e. The molecule has 1 heterocycles. The van der Waals surface area contributed by atoms with Crippen molar-refractivity contribution in [3.05, 3.63) is 34.9 Å². The lowest BCUT2D eigenvalue weighted by Gasteiger charge is -2.17. The highest BCUT2D eigenvalue weighted by Gasteiger charge is 2.26. The van der Waals surface area contributed by atoms with Crippen LogP contribution in [0.25, 0.3) is 0 Å². The van der Waals surface area contributed by atoms with Gasteiger partial charge < -0.3 is 15.8 Å². The zero-order valence-electron chi connectivity index (χ0n) is 11.9. The molecule has 106 valence electrons. The van der Waals surface area contributed by atoms with Crippen molar-refractivity contribution < 1.29 is 9.53 Å². The molecule has 2 rings (SSSR count). The van der Waals surface area contributed by atoms with Crippen molar-refractivity contribution in [3.63, 3.8) is 0 Å². The minimum absolute atomic E-state index is 0.0683. The van der Waals surface area contributed by atoms with Crippen molar-refractivity contribution in [2.45, 2.75) is 32.4 Å². The molecule has 1 amide bonds. The molecule has 1 aromatic rings. The summed E-state index contributed by atoms with van der Waals surface area (Å²) in [5.74, 6) is 5.74. The summed E-state index contributed by atoms with van der Waals surface area (Å²) in [6.07, 6.45) is 0.929. The van der Waals surface area contributed by atoms with Crippen molar-refractivity contribution in [1.29, 1.82) is 0 Å². The first-order chi connectivity index (χ1) is 9.63. The van der Waals surface area contributed by atoms with E-state index in [1.165, 1.54) is 0 Å². The van der Waals surface area contributed by atoms with Crippen molar-refractivity contribution >= 4 is 5.91 Å². The molecule has 3 N–H and O–H groups in total. The lowest BCUT2D eigenvalue weighted by Crippen LogP contribution is -2.39. The third-order valence-corrected chi connectivity index (χ3v) is 3.60. The maximum absolute atomic E-state index is 12.4. The van der Waals surface area contributed by atoms with Crippen molar-refractivity contribution in [2.75, 3.05) is 13.2 Å². The Bertz CT molecular complexity index is 557. The molecule has 4 heteroatoms. The first-order valence-electron chi connectivity index (χ1n) is 6.84. The van der Waals surface area contributed by atoms with Gasteiger partial charge in [-0.2, -0.15) is 0 Å². The van der Waals surface area contributed by atoms with Crippen LogP contribution in [0.1, 0.15) is 34.8 Å². The summed E-state index contributed by atoms with van der Waals surface area (Å²) in [5.41, 5.74) is 7.77. The van der Waals surface area contributed by atoms with Gasteiger partial charge in [0.25, 0.3) is 5.91 Å². The molecular weight excluding hydrogens is 252 g/mol. The van der Waals surface area contributed by atoms with Gasteiger partial charge in [0.05, 0.1) is 18.7 Å². The predicted molar refractivity (Wildman–Crippen MR) is 78.4 cm³/mol. The summed E-state index contributed by atoms with van der Waals surface area (Å²) in [5, 5.41) is 3.03. The molecule has 1 aromatic carbocycles. The summed E-state index contributed by atoms with van der Waals surface area (Å²) >= 11 is 0. The lowest BCUT2D eigenvalue weighted by molar-refractivity contribution is 0.0865. The molecule has 0 aliphatic carbocycles. The Morgan fingerprint density at radius 3 is 3.00 bits per heavy atom. The summed E-state index contributed by atoms with van der Waals surface area (Å²) in [7, 11) is 0. The fraction of sp³-hybridized carbons (Fsp3) is 0.438. The first-order valence-corrected chi connectivity index (χ1v) is 6.84. The average molecular weight is 272 g/mol. The number of nitrogens with one attached hydrogen (secondary N) is 1. The number of nitrogens with two attached hydrogens (primary N) is 1. The van der Waals surface area contributed by atoms with Gasteiger partial charge in [0.2, 0.25) is 0 Å². The van der Waals surface area contributed by atoms with Crippen LogP contribution in [-0.4, -0.2) is 31.2 Å².